The Morgan fingerprint density at radius 1 is 1.53 bits per heavy atom. The highest BCUT2D eigenvalue weighted by Crippen LogP contribution is 2.16. The molecule has 0 spiro atoms. The summed E-state index contributed by atoms with van der Waals surface area (Å²) < 4.78 is 4.75. The third kappa shape index (κ3) is 4.87. The van der Waals surface area contributed by atoms with Crippen LogP contribution < -0.4 is 0 Å². The van der Waals surface area contributed by atoms with Gasteiger partial charge in [0.1, 0.15) is 5.70 Å². The zero-order chi connectivity index (χ0) is 14.1. The van der Waals surface area contributed by atoms with Crippen LogP contribution in [0.1, 0.15) is 12.5 Å². The van der Waals surface area contributed by atoms with E-state index in [4.69, 9.17) is 21.9 Å². The van der Waals surface area contributed by atoms with E-state index in [9.17, 15) is 4.79 Å². The van der Waals surface area contributed by atoms with Gasteiger partial charge in [-0.05, 0) is 30.2 Å². The second-order valence-corrected chi connectivity index (χ2v) is 3.75. The molecule has 98 valence electrons. The van der Waals surface area contributed by atoms with Crippen molar-refractivity contribution in [1.29, 1.82) is 0 Å². The Morgan fingerprint density at radius 2 is 2.26 bits per heavy atom. The molecular formula is C13H12ClN3O2. The molecule has 0 aliphatic carbocycles. The number of rotatable bonds is 5. The van der Waals surface area contributed by atoms with Gasteiger partial charge in [-0.15, -0.1) is 0 Å². The molecule has 0 amide bonds. The predicted molar refractivity (Wildman–Crippen MR) is 74.3 cm³/mol. The van der Waals surface area contributed by atoms with Crippen LogP contribution in [-0.2, 0) is 9.53 Å². The molecule has 0 aliphatic rings. The Bertz CT molecular complexity index is 561. The second kappa shape index (κ2) is 7.97. The molecule has 0 atom stereocenters. The van der Waals surface area contributed by atoms with Crippen molar-refractivity contribution in [2.75, 3.05) is 6.61 Å². The quantitative estimate of drug-likeness (QED) is 0.203. The molecule has 0 radical (unpaired) electrons. The highest BCUT2D eigenvalue weighted by atomic mass is 35.5. The smallest absolute Gasteiger partial charge is 0.340 e. The molecule has 19 heavy (non-hydrogen) atoms. The third-order valence-electron chi connectivity index (χ3n) is 2.07. The zero-order valence-corrected chi connectivity index (χ0v) is 11.0. The first-order valence-corrected chi connectivity index (χ1v) is 5.92. The maximum Gasteiger partial charge on any atom is 0.340 e. The van der Waals surface area contributed by atoms with E-state index in [1.54, 1.807) is 25.1 Å². The van der Waals surface area contributed by atoms with Gasteiger partial charge >= 0.3 is 5.97 Å². The number of halogens is 1. The van der Waals surface area contributed by atoms with Gasteiger partial charge in [-0.2, -0.15) is 0 Å². The van der Waals surface area contributed by atoms with Crippen molar-refractivity contribution in [2.24, 2.45) is 5.11 Å². The summed E-state index contributed by atoms with van der Waals surface area (Å²) in [5, 5.41) is 3.87. The number of carbonyl (C=O) groups excluding carboxylic acids is 1. The fourth-order valence-corrected chi connectivity index (χ4v) is 1.45. The summed E-state index contributed by atoms with van der Waals surface area (Å²) in [5.74, 6) is -0.663. The molecular weight excluding hydrogens is 266 g/mol. The maximum atomic E-state index is 11.4. The van der Waals surface area contributed by atoms with Gasteiger partial charge in [0.25, 0.3) is 0 Å². The lowest BCUT2D eigenvalue weighted by molar-refractivity contribution is -0.138. The Hall–Kier alpha value is -2.23. The Kier molecular flexibility index (Phi) is 6.22. The SMILES string of the molecule is CCOC(=O)/C(=C/C=C/c1ccccc1Cl)N=[N+]=[N-]. The van der Waals surface area contributed by atoms with Gasteiger partial charge in [0.05, 0.1) is 6.61 Å². The summed E-state index contributed by atoms with van der Waals surface area (Å²) in [4.78, 5) is 14.0. The molecule has 0 fully saturated rings. The lowest BCUT2D eigenvalue weighted by atomic mass is 10.2. The van der Waals surface area contributed by atoms with Crippen molar-refractivity contribution in [1.82, 2.24) is 0 Å². The highest BCUT2D eigenvalue weighted by Gasteiger charge is 2.06. The Labute approximate surface area is 115 Å². The van der Waals surface area contributed by atoms with Crippen molar-refractivity contribution in [3.8, 4) is 0 Å². The molecule has 5 nitrogen and oxygen atoms in total. The molecule has 0 aliphatic heterocycles. The molecule has 0 aromatic heterocycles. The number of benzene rings is 1. The first-order valence-electron chi connectivity index (χ1n) is 5.54. The van der Waals surface area contributed by atoms with Crippen LogP contribution in [0.15, 0.2) is 47.2 Å². The van der Waals surface area contributed by atoms with Crippen LogP contribution in [0, 0.1) is 0 Å². The summed E-state index contributed by atoms with van der Waals surface area (Å²) in [6, 6.07) is 7.24. The Morgan fingerprint density at radius 3 is 2.89 bits per heavy atom. The van der Waals surface area contributed by atoms with E-state index in [1.807, 2.05) is 18.2 Å². The van der Waals surface area contributed by atoms with Gasteiger partial charge in [-0.25, -0.2) is 4.79 Å². The van der Waals surface area contributed by atoms with Gasteiger partial charge in [0.15, 0.2) is 0 Å². The summed E-state index contributed by atoms with van der Waals surface area (Å²) in [5.41, 5.74) is 9.07. The number of esters is 1. The number of nitrogens with zero attached hydrogens (tertiary/aromatic N) is 3. The topological polar surface area (TPSA) is 75.1 Å². The maximum absolute atomic E-state index is 11.4. The van der Waals surface area contributed by atoms with Crippen LogP contribution in [0.3, 0.4) is 0 Å². The van der Waals surface area contributed by atoms with Crippen LogP contribution in [0.25, 0.3) is 16.5 Å². The van der Waals surface area contributed by atoms with Gasteiger partial charge in [0.2, 0.25) is 0 Å². The summed E-state index contributed by atoms with van der Waals surface area (Å²) >= 11 is 5.97. The van der Waals surface area contributed by atoms with E-state index < -0.39 is 5.97 Å². The molecule has 1 aromatic rings. The molecule has 0 bridgehead atoms. The molecule has 0 N–H and O–H groups in total. The molecule has 0 unspecified atom stereocenters. The van der Waals surface area contributed by atoms with E-state index in [2.05, 4.69) is 10.0 Å². The standard InChI is InChI=1S/C13H12ClN3O2/c1-2-19-13(18)12(16-17-15)9-5-7-10-6-3-4-8-11(10)14/h3-9H,2H2,1H3/b7-5+,12-9-. The van der Waals surface area contributed by atoms with Gasteiger partial charge in [-0.3, -0.25) is 0 Å². The summed E-state index contributed by atoms with van der Waals surface area (Å²) in [7, 11) is 0. The average Bonchev–Trinajstić information content (AvgIpc) is 2.40. The minimum atomic E-state index is -0.663. The van der Waals surface area contributed by atoms with Crippen LogP contribution in [0.4, 0.5) is 0 Å². The molecule has 0 saturated heterocycles. The van der Waals surface area contributed by atoms with E-state index in [-0.39, 0.29) is 12.3 Å². The fourth-order valence-electron chi connectivity index (χ4n) is 1.25. The fraction of sp³-hybridized carbons (Fsp3) is 0.154. The van der Waals surface area contributed by atoms with E-state index >= 15 is 0 Å². The first-order chi connectivity index (χ1) is 9.19. The van der Waals surface area contributed by atoms with Gasteiger partial charge in [0, 0.05) is 9.93 Å². The van der Waals surface area contributed by atoms with Crippen molar-refractivity contribution >= 4 is 23.6 Å². The van der Waals surface area contributed by atoms with Crippen molar-refractivity contribution in [3.05, 3.63) is 63.1 Å². The minimum absolute atomic E-state index is 0.104. The molecule has 1 aromatic carbocycles. The van der Waals surface area contributed by atoms with Crippen molar-refractivity contribution in [3.63, 3.8) is 0 Å². The van der Waals surface area contributed by atoms with Crippen LogP contribution in [0.5, 0.6) is 0 Å². The monoisotopic (exact) mass is 277 g/mol. The number of hydrogen-bond acceptors (Lipinski definition) is 3. The average molecular weight is 278 g/mol. The third-order valence-corrected chi connectivity index (χ3v) is 2.42. The zero-order valence-electron chi connectivity index (χ0n) is 10.3. The normalized spacial score (nSPS) is 11.2. The number of allylic oxidation sites excluding steroid dienone is 2. The molecule has 0 saturated carbocycles. The number of carbonyl (C=O) groups is 1. The van der Waals surface area contributed by atoms with Gasteiger partial charge in [-0.1, -0.05) is 47.1 Å². The lowest BCUT2D eigenvalue weighted by Crippen LogP contribution is -2.05. The van der Waals surface area contributed by atoms with Crippen LogP contribution >= 0.6 is 11.6 Å². The van der Waals surface area contributed by atoms with Gasteiger partial charge < -0.3 is 4.74 Å². The Balaban J connectivity index is 2.90. The predicted octanol–water partition coefficient (Wildman–Crippen LogP) is 4.11. The second-order valence-electron chi connectivity index (χ2n) is 3.34. The molecule has 6 heteroatoms. The first kappa shape index (κ1) is 14.8. The van der Waals surface area contributed by atoms with Crippen molar-refractivity contribution in [2.45, 2.75) is 6.92 Å². The van der Waals surface area contributed by atoms with Crippen LogP contribution in [-0.4, -0.2) is 12.6 Å². The number of ether oxygens (including phenoxy) is 1. The highest BCUT2D eigenvalue weighted by molar-refractivity contribution is 6.32. The number of azide groups is 1. The minimum Gasteiger partial charge on any atom is -0.462 e. The van der Waals surface area contributed by atoms with E-state index in [0.717, 1.165) is 5.56 Å². The van der Waals surface area contributed by atoms with Crippen molar-refractivity contribution < 1.29 is 9.53 Å². The van der Waals surface area contributed by atoms with Crippen LogP contribution in [0.2, 0.25) is 5.02 Å². The molecule has 0 heterocycles. The lowest BCUT2D eigenvalue weighted by Gasteiger charge is -1.99. The van der Waals surface area contributed by atoms with E-state index in [0.29, 0.717) is 5.02 Å². The summed E-state index contributed by atoms with van der Waals surface area (Å²) in [6.45, 7) is 1.89. The van der Waals surface area contributed by atoms with E-state index in [1.165, 1.54) is 6.08 Å². The molecule has 1 rings (SSSR count). The number of hydrogen-bond donors (Lipinski definition) is 0. The largest absolute Gasteiger partial charge is 0.462 e. The summed E-state index contributed by atoms with van der Waals surface area (Å²) in [6.07, 6.45) is 4.65.